The van der Waals surface area contributed by atoms with Gasteiger partial charge in [-0.05, 0) is 104 Å². The second-order valence-electron chi connectivity index (χ2n) is 13.3. The zero-order chi connectivity index (χ0) is 30.6. The molecule has 0 spiro atoms. The molecule has 4 aliphatic carbocycles. The Bertz CT molecular complexity index is 1410. The lowest BCUT2D eigenvalue weighted by atomic mass is 9.48. The van der Waals surface area contributed by atoms with Gasteiger partial charge in [0.05, 0.1) is 5.41 Å². The highest BCUT2D eigenvalue weighted by Gasteiger charge is 2.66. The third-order valence-corrected chi connectivity index (χ3v) is 11.1. The molecule has 6 atom stereocenters. The number of halogens is 4. The Morgan fingerprint density at radius 3 is 2.51 bits per heavy atom. The van der Waals surface area contributed by atoms with Crippen molar-refractivity contribution in [2.75, 3.05) is 31.7 Å². The predicted octanol–water partition coefficient (Wildman–Crippen LogP) is 7.29. The third kappa shape index (κ3) is 5.16. The van der Waals surface area contributed by atoms with Crippen molar-refractivity contribution in [1.82, 2.24) is 0 Å². The summed E-state index contributed by atoms with van der Waals surface area (Å²) in [6.07, 6.45) is 0.916. The summed E-state index contributed by atoms with van der Waals surface area (Å²) in [7, 11) is 1.36. The molecule has 0 radical (unpaired) electrons. The van der Waals surface area contributed by atoms with E-state index in [4.69, 9.17) is 4.74 Å². The molecule has 1 aromatic rings. The average molecular weight is 598 g/mol. The largest absolute Gasteiger partial charge is 0.457 e. The number of alkyl halides is 4. The molecule has 0 N–H and O–H groups in total. The van der Waals surface area contributed by atoms with Crippen LogP contribution in [-0.2, 0) is 14.3 Å². The average Bonchev–Trinajstić information content (AvgIpc) is 3.29. The van der Waals surface area contributed by atoms with Gasteiger partial charge in [-0.15, -0.1) is 0 Å². The first-order chi connectivity index (χ1) is 20.5. The Kier molecular flexibility index (Phi) is 7.86. The van der Waals surface area contributed by atoms with Crippen molar-refractivity contribution in [3.05, 3.63) is 52.6 Å². The minimum Gasteiger partial charge on any atom is -0.377 e. The summed E-state index contributed by atoms with van der Waals surface area (Å²) in [6, 6.07) is 8.41. The van der Waals surface area contributed by atoms with Crippen LogP contribution in [-0.4, -0.2) is 50.7 Å². The number of carbonyl (C=O) groups is 2. The molecule has 1 aliphatic heterocycles. The monoisotopic (exact) mass is 597 g/mol. The summed E-state index contributed by atoms with van der Waals surface area (Å²) < 4.78 is 61.7. The predicted molar refractivity (Wildman–Crippen MR) is 156 cm³/mol. The number of piperidine rings is 1. The highest BCUT2D eigenvalue weighted by atomic mass is 19.4. The smallest absolute Gasteiger partial charge is 0.377 e. The molecule has 1 heterocycles. The van der Waals surface area contributed by atoms with Gasteiger partial charge in [0, 0.05) is 44.1 Å². The number of allylic oxidation sites excluding steroid dienone is 4. The highest BCUT2D eigenvalue weighted by molar-refractivity contribution is 5.93. The molecule has 8 heteroatoms. The molecule has 2 saturated carbocycles. The zero-order valence-corrected chi connectivity index (χ0v) is 24.9. The van der Waals surface area contributed by atoms with Gasteiger partial charge in [-0.25, -0.2) is 4.39 Å². The normalized spacial score (nSPS) is 34.0. The van der Waals surface area contributed by atoms with Crippen LogP contribution in [0.4, 0.5) is 23.2 Å². The third-order valence-electron chi connectivity index (χ3n) is 11.1. The quantitative estimate of drug-likeness (QED) is 0.264. The maximum Gasteiger partial charge on any atom is 0.457 e. The molecule has 4 nitrogen and oxygen atoms in total. The van der Waals surface area contributed by atoms with E-state index in [2.05, 4.69) is 35.1 Å². The van der Waals surface area contributed by atoms with Crippen LogP contribution in [0.5, 0.6) is 0 Å². The second-order valence-corrected chi connectivity index (χ2v) is 13.3. The van der Waals surface area contributed by atoms with E-state index in [0.29, 0.717) is 31.3 Å². The number of ketones is 2. The van der Waals surface area contributed by atoms with E-state index in [0.717, 1.165) is 48.3 Å². The number of ether oxygens (including phenoxy) is 1. The minimum absolute atomic E-state index is 0.0731. The van der Waals surface area contributed by atoms with Crippen LogP contribution < -0.4 is 4.90 Å². The lowest BCUT2D eigenvalue weighted by molar-refractivity contribution is -0.137. The number of rotatable bonds is 5. The fourth-order valence-corrected chi connectivity index (χ4v) is 9.20. The van der Waals surface area contributed by atoms with Crippen molar-refractivity contribution in [2.45, 2.75) is 83.0 Å². The SMILES string of the molecule is COCC(=O)[C@@]1(C#CC(F)(F)F)CC[C@H]2[C@@H]3CC(F)C4=CC(=O)CCC4=C3[C@@H](c3ccc(N4CCCCC4)cc3)C[C@@]21C. The molecule has 6 rings (SSSR count). The van der Waals surface area contributed by atoms with Gasteiger partial charge in [-0.3, -0.25) is 9.59 Å². The molecule has 5 aliphatic rings. The van der Waals surface area contributed by atoms with E-state index in [1.165, 1.54) is 25.5 Å². The first kappa shape index (κ1) is 30.1. The topological polar surface area (TPSA) is 46.6 Å². The molecule has 230 valence electrons. The van der Waals surface area contributed by atoms with Crippen LogP contribution in [0.3, 0.4) is 0 Å². The van der Waals surface area contributed by atoms with Crippen molar-refractivity contribution in [1.29, 1.82) is 0 Å². The molecule has 0 amide bonds. The van der Waals surface area contributed by atoms with Crippen molar-refractivity contribution in [3.8, 4) is 11.8 Å². The number of anilines is 1. The standard InChI is InChI=1S/C35H39F4NO3/c1-33-20-28(22-6-8-23(9-7-22)40-16-4-3-5-17-40)32-25-11-10-24(41)18-26(25)30(36)19-27(32)29(33)12-13-34(33,31(42)21-43-2)14-15-35(37,38)39/h6-9,18,27-30H,3-5,10-13,16-17,19-21H2,1-2H3/t27-,28+,29-,30?,33-,34-/m0/s1. The number of nitrogens with zero attached hydrogens (tertiary/aromatic N) is 1. The van der Waals surface area contributed by atoms with E-state index in [-0.39, 0.29) is 43.0 Å². The van der Waals surface area contributed by atoms with Gasteiger partial charge < -0.3 is 9.64 Å². The highest BCUT2D eigenvalue weighted by Crippen LogP contribution is 2.70. The lowest BCUT2D eigenvalue weighted by Gasteiger charge is -2.55. The fraction of sp³-hybridized carbons (Fsp3) is 0.600. The fourth-order valence-electron chi connectivity index (χ4n) is 9.20. The number of hydrogen-bond donors (Lipinski definition) is 0. The number of benzene rings is 1. The zero-order valence-electron chi connectivity index (χ0n) is 24.9. The second kappa shape index (κ2) is 11.2. The Morgan fingerprint density at radius 1 is 1.12 bits per heavy atom. The molecule has 3 fully saturated rings. The number of carbonyl (C=O) groups excluding carboxylic acids is 2. The van der Waals surface area contributed by atoms with Crippen LogP contribution in [0, 0.1) is 34.5 Å². The van der Waals surface area contributed by atoms with Crippen LogP contribution in [0.25, 0.3) is 0 Å². The summed E-state index contributed by atoms with van der Waals surface area (Å²) in [4.78, 5) is 28.5. The van der Waals surface area contributed by atoms with Crippen molar-refractivity contribution >= 4 is 17.3 Å². The van der Waals surface area contributed by atoms with Crippen LogP contribution in [0.2, 0.25) is 0 Å². The molecular formula is C35H39F4NO3. The van der Waals surface area contributed by atoms with Gasteiger partial charge in [0.15, 0.2) is 11.6 Å². The Morgan fingerprint density at radius 2 is 1.84 bits per heavy atom. The first-order valence-corrected chi connectivity index (χ1v) is 15.6. The van der Waals surface area contributed by atoms with Gasteiger partial charge in [0.1, 0.15) is 12.8 Å². The van der Waals surface area contributed by atoms with Gasteiger partial charge in [0.2, 0.25) is 0 Å². The van der Waals surface area contributed by atoms with E-state index < -0.39 is 29.0 Å². The van der Waals surface area contributed by atoms with Crippen molar-refractivity contribution in [3.63, 3.8) is 0 Å². The Balaban J connectivity index is 1.50. The summed E-state index contributed by atoms with van der Waals surface area (Å²) >= 11 is 0. The summed E-state index contributed by atoms with van der Waals surface area (Å²) in [5, 5.41) is 0. The first-order valence-electron chi connectivity index (χ1n) is 15.6. The maximum atomic E-state index is 15.9. The Labute approximate surface area is 250 Å². The number of Topliss-reactive ketones (excluding diaryl/α,β-unsaturated/α-hetero) is 1. The molecule has 1 saturated heterocycles. The lowest BCUT2D eigenvalue weighted by Crippen LogP contribution is -2.52. The summed E-state index contributed by atoms with van der Waals surface area (Å²) in [5.74, 6) is 2.71. The van der Waals surface area contributed by atoms with Gasteiger partial charge in [-0.1, -0.05) is 30.6 Å². The van der Waals surface area contributed by atoms with Gasteiger partial charge in [0.25, 0.3) is 0 Å². The van der Waals surface area contributed by atoms with E-state index in [1.807, 2.05) is 6.92 Å². The van der Waals surface area contributed by atoms with E-state index >= 15 is 4.39 Å². The molecule has 43 heavy (non-hydrogen) atoms. The van der Waals surface area contributed by atoms with E-state index in [1.54, 1.807) is 0 Å². The van der Waals surface area contributed by atoms with Crippen LogP contribution >= 0.6 is 0 Å². The van der Waals surface area contributed by atoms with Crippen molar-refractivity contribution < 1.29 is 31.9 Å². The van der Waals surface area contributed by atoms with Crippen LogP contribution in [0.1, 0.15) is 76.2 Å². The molecule has 1 unspecified atom stereocenters. The van der Waals surface area contributed by atoms with Gasteiger partial charge in [-0.2, -0.15) is 13.2 Å². The van der Waals surface area contributed by atoms with Crippen molar-refractivity contribution in [2.24, 2.45) is 22.7 Å². The number of hydrogen-bond acceptors (Lipinski definition) is 4. The molecular weight excluding hydrogens is 558 g/mol. The van der Waals surface area contributed by atoms with E-state index in [9.17, 15) is 22.8 Å². The summed E-state index contributed by atoms with van der Waals surface area (Å²) in [6.45, 7) is 3.58. The summed E-state index contributed by atoms with van der Waals surface area (Å²) in [5.41, 5.74) is 2.13. The molecule has 1 aromatic carbocycles. The number of methoxy groups -OCH3 is 1. The minimum atomic E-state index is -4.75. The number of fused-ring (bicyclic) bond motifs is 4. The van der Waals surface area contributed by atoms with Crippen LogP contribution in [0.15, 0.2) is 47.1 Å². The molecule has 0 bridgehead atoms. The molecule has 0 aromatic heterocycles. The maximum absolute atomic E-state index is 15.9. The van der Waals surface area contributed by atoms with Gasteiger partial charge >= 0.3 is 6.18 Å². The Hall–Kier alpha value is -2.92.